The highest BCUT2D eigenvalue weighted by Gasteiger charge is 1.91. The summed E-state index contributed by atoms with van der Waals surface area (Å²) in [6.07, 6.45) is 0. The fourth-order valence-electron chi connectivity index (χ4n) is 0.746. The van der Waals surface area contributed by atoms with Gasteiger partial charge in [0.05, 0.1) is 5.75 Å². The highest BCUT2D eigenvalue weighted by atomic mass is 32.2. The maximum atomic E-state index is 11.7. The number of anilines is 1. The van der Waals surface area contributed by atoms with Crippen molar-refractivity contribution in [1.29, 1.82) is 0 Å². The molecule has 0 unspecified atom stereocenters. The Morgan fingerprint density at radius 3 is 2.90 bits per heavy atom. The predicted molar refractivity (Wildman–Crippen MR) is 43.3 cm³/mol. The summed E-state index contributed by atoms with van der Waals surface area (Å²) in [6.45, 7) is 0. The number of hydrogen-bond donors (Lipinski definition) is 1. The number of rotatable bonds is 2. The van der Waals surface area contributed by atoms with Crippen LogP contribution >= 0.6 is 12.1 Å². The monoisotopic (exact) mass is 157 g/mol. The zero-order valence-electron chi connectivity index (χ0n) is 5.38. The van der Waals surface area contributed by atoms with Crippen LogP contribution in [0.1, 0.15) is 5.56 Å². The van der Waals surface area contributed by atoms with Crippen molar-refractivity contribution >= 4 is 17.8 Å². The molecule has 10 heavy (non-hydrogen) atoms. The van der Waals surface area contributed by atoms with Gasteiger partial charge >= 0.3 is 0 Å². The van der Waals surface area contributed by atoms with Crippen LogP contribution in [0.25, 0.3) is 0 Å². The van der Waals surface area contributed by atoms with Crippen LogP contribution in [-0.2, 0) is 5.75 Å². The van der Waals surface area contributed by atoms with E-state index in [4.69, 9.17) is 5.73 Å². The average Bonchev–Trinajstić information content (AvgIpc) is 1.88. The van der Waals surface area contributed by atoms with E-state index < -0.39 is 0 Å². The molecule has 0 atom stereocenters. The van der Waals surface area contributed by atoms with E-state index in [1.165, 1.54) is 0 Å². The zero-order chi connectivity index (χ0) is 7.40. The van der Waals surface area contributed by atoms with Crippen molar-refractivity contribution in [3.05, 3.63) is 29.8 Å². The summed E-state index contributed by atoms with van der Waals surface area (Å²) in [4.78, 5) is 0. The van der Waals surface area contributed by atoms with Gasteiger partial charge in [0.25, 0.3) is 0 Å². The lowest BCUT2D eigenvalue weighted by Crippen LogP contribution is -1.85. The molecule has 1 aromatic rings. The van der Waals surface area contributed by atoms with Crippen molar-refractivity contribution < 1.29 is 3.89 Å². The summed E-state index contributed by atoms with van der Waals surface area (Å²) < 4.78 is 11.7. The van der Waals surface area contributed by atoms with Gasteiger partial charge in [-0.15, -0.1) is 0 Å². The molecule has 0 amide bonds. The van der Waals surface area contributed by atoms with Gasteiger partial charge in [-0.05, 0) is 17.7 Å². The second-order valence-corrected chi connectivity index (χ2v) is 2.51. The Hall–Kier alpha value is -0.700. The van der Waals surface area contributed by atoms with Gasteiger partial charge in [0.1, 0.15) is 0 Å². The quantitative estimate of drug-likeness (QED) is 0.667. The van der Waals surface area contributed by atoms with Crippen LogP contribution < -0.4 is 5.73 Å². The summed E-state index contributed by atoms with van der Waals surface area (Å²) >= 11 is 0.308. The molecule has 0 spiro atoms. The molecule has 54 valence electrons. The van der Waals surface area contributed by atoms with Crippen LogP contribution in [0.5, 0.6) is 0 Å². The van der Waals surface area contributed by atoms with Crippen LogP contribution in [0.15, 0.2) is 24.3 Å². The van der Waals surface area contributed by atoms with Crippen LogP contribution in [0.4, 0.5) is 9.57 Å². The molecule has 0 bridgehead atoms. The summed E-state index contributed by atoms with van der Waals surface area (Å²) in [5.74, 6) is 0.380. The van der Waals surface area contributed by atoms with Crippen molar-refractivity contribution in [2.75, 3.05) is 5.73 Å². The SMILES string of the molecule is Nc1cccc(CSF)c1. The van der Waals surface area contributed by atoms with Gasteiger partial charge in [-0.1, -0.05) is 12.1 Å². The minimum absolute atomic E-state index is 0.308. The van der Waals surface area contributed by atoms with Gasteiger partial charge in [0.15, 0.2) is 0 Å². The number of benzene rings is 1. The Morgan fingerprint density at radius 1 is 1.50 bits per heavy atom. The fraction of sp³-hybridized carbons (Fsp3) is 0.143. The van der Waals surface area contributed by atoms with Crippen LogP contribution in [0.3, 0.4) is 0 Å². The third-order valence-electron chi connectivity index (χ3n) is 1.17. The number of hydrogen-bond acceptors (Lipinski definition) is 2. The van der Waals surface area contributed by atoms with Crippen LogP contribution in [0.2, 0.25) is 0 Å². The summed E-state index contributed by atoms with van der Waals surface area (Å²) in [6, 6.07) is 7.23. The molecule has 1 aromatic carbocycles. The molecule has 0 saturated heterocycles. The highest BCUT2D eigenvalue weighted by molar-refractivity contribution is 7.93. The van der Waals surface area contributed by atoms with Crippen molar-refractivity contribution in [1.82, 2.24) is 0 Å². The first kappa shape index (κ1) is 7.41. The average molecular weight is 157 g/mol. The molecule has 0 fully saturated rings. The van der Waals surface area contributed by atoms with Gasteiger partial charge in [0, 0.05) is 17.8 Å². The zero-order valence-corrected chi connectivity index (χ0v) is 6.20. The minimum atomic E-state index is 0.308. The Balaban J connectivity index is 2.75. The van der Waals surface area contributed by atoms with Crippen LogP contribution in [0, 0.1) is 0 Å². The number of halogens is 1. The second-order valence-electron chi connectivity index (χ2n) is 2.00. The first-order valence-corrected chi connectivity index (χ1v) is 3.79. The molecule has 0 aliphatic carbocycles. The lowest BCUT2D eigenvalue weighted by atomic mass is 10.2. The number of nitrogens with two attached hydrogens (primary N) is 1. The highest BCUT2D eigenvalue weighted by Crippen LogP contribution is 2.14. The molecular weight excluding hydrogens is 149 g/mol. The lowest BCUT2D eigenvalue weighted by molar-refractivity contribution is 0.933. The van der Waals surface area contributed by atoms with Crippen molar-refractivity contribution in [3.8, 4) is 0 Å². The molecule has 1 nitrogen and oxygen atoms in total. The van der Waals surface area contributed by atoms with E-state index in [0.29, 0.717) is 23.6 Å². The third-order valence-corrected chi connectivity index (χ3v) is 1.61. The topological polar surface area (TPSA) is 26.0 Å². The molecular formula is C7H8FNS. The first-order valence-electron chi connectivity index (χ1n) is 2.91. The molecule has 1 rings (SSSR count). The van der Waals surface area contributed by atoms with Crippen molar-refractivity contribution in [2.45, 2.75) is 5.75 Å². The van der Waals surface area contributed by atoms with E-state index in [9.17, 15) is 3.89 Å². The van der Waals surface area contributed by atoms with Gasteiger partial charge in [-0.3, -0.25) is 0 Å². The molecule has 0 radical (unpaired) electrons. The van der Waals surface area contributed by atoms with Gasteiger partial charge < -0.3 is 5.73 Å². The Kier molecular flexibility index (Phi) is 2.57. The maximum absolute atomic E-state index is 11.7. The molecule has 0 aliphatic heterocycles. The molecule has 2 N–H and O–H groups in total. The molecule has 0 aromatic heterocycles. The molecule has 0 saturated carbocycles. The largest absolute Gasteiger partial charge is 0.399 e. The van der Waals surface area contributed by atoms with E-state index in [1.54, 1.807) is 12.1 Å². The smallest absolute Gasteiger partial charge is 0.0502 e. The Labute approximate surface area is 63.7 Å². The van der Waals surface area contributed by atoms with Crippen LogP contribution in [-0.4, -0.2) is 0 Å². The maximum Gasteiger partial charge on any atom is 0.0502 e. The van der Waals surface area contributed by atoms with E-state index in [0.717, 1.165) is 5.56 Å². The van der Waals surface area contributed by atoms with E-state index >= 15 is 0 Å². The van der Waals surface area contributed by atoms with Gasteiger partial charge in [-0.25, -0.2) is 0 Å². The summed E-state index contributed by atoms with van der Waals surface area (Å²) in [5.41, 5.74) is 7.07. The predicted octanol–water partition coefficient (Wildman–Crippen LogP) is 2.39. The summed E-state index contributed by atoms with van der Waals surface area (Å²) in [5, 5.41) is 0. The Bertz CT molecular complexity index is 215. The number of nitrogen functional groups attached to an aromatic ring is 1. The molecule has 0 heterocycles. The fourth-order valence-corrected chi connectivity index (χ4v) is 1.05. The lowest BCUT2D eigenvalue weighted by Gasteiger charge is -1.96. The standard InChI is InChI=1S/C7H8FNS/c8-10-5-6-2-1-3-7(9)4-6/h1-4H,5,9H2. The Morgan fingerprint density at radius 2 is 2.30 bits per heavy atom. The summed E-state index contributed by atoms with van der Waals surface area (Å²) in [7, 11) is 0. The van der Waals surface area contributed by atoms with Gasteiger partial charge in [-0.2, -0.15) is 3.89 Å². The first-order chi connectivity index (χ1) is 4.83. The second kappa shape index (κ2) is 3.46. The minimum Gasteiger partial charge on any atom is -0.399 e. The molecule has 3 heteroatoms. The van der Waals surface area contributed by atoms with E-state index in [-0.39, 0.29) is 0 Å². The third kappa shape index (κ3) is 1.92. The van der Waals surface area contributed by atoms with Gasteiger partial charge in [0.2, 0.25) is 0 Å². The molecule has 0 aliphatic rings. The van der Waals surface area contributed by atoms with E-state index in [2.05, 4.69) is 0 Å². The normalized spacial score (nSPS) is 9.70. The van der Waals surface area contributed by atoms with Crippen molar-refractivity contribution in [2.24, 2.45) is 0 Å². The van der Waals surface area contributed by atoms with E-state index in [1.807, 2.05) is 12.1 Å². The van der Waals surface area contributed by atoms with Crippen molar-refractivity contribution in [3.63, 3.8) is 0 Å².